The van der Waals surface area contributed by atoms with Crippen LogP contribution in [0.25, 0.3) is 0 Å². The Morgan fingerprint density at radius 3 is 2.13 bits per heavy atom. The van der Waals surface area contributed by atoms with Crippen molar-refractivity contribution in [3.8, 4) is 0 Å². The Labute approximate surface area is 140 Å². The van der Waals surface area contributed by atoms with E-state index in [1.165, 1.54) is 16.7 Å². The number of fused-ring (bicyclic) bond motifs is 10. The van der Waals surface area contributed by atoms with E-state index in [2.05, 4.69) is 39.0 Å². The molecule has 2 heteroatoms. The summed E-state index contributed by atoms with van der Waals surface area (Å²) in [5.41, 5.74) is 4.64. The minimum Gasteiger partial charge on any atom is -0.295 e. The first-order chi connectivity index (χ1) is 11.0. The fourth-order valence-electron chi connectivity index (χ4n) is 3.22. The van der Waals surface area contributed by atoms with E-state index in [4.69, 9.17) is 0 Å². The third-order valence-corrected chi connectivity index (χ3v) is 4.81. The largest absolute Gasteiger partial charge is 0.295 e. The van der Waals surface area contributed by atoms with Gasteiger partial charge in [-0.05, 0) is 65.4 Å². The van der Waals surface area contributed by atoms with Crippen molar-refractivity contribution in [1.29, 1.82) is 0 Å². The average Bonchev–Trinajstić information content (AvgIpc) is 2.48. The van der Waals surface area contributed by atoms with Crippen LogP contribution in [0.1, 0.15) is 65.7 Å². The molecule has 23 heavy (non-hydrogen) atoms. The Morgan fingerprint density at radius 2 is 1.43 bits per heavy atom. The molecule has 0 fully saturated rings. The van der Waals surface area contributed by atoms with E-state index in [0.29, 0.717) is 24.8 Å². The summed E-state index contributed by atoms with van der Waals surface area (Å²) >= 11 is 0. The van der Waals surface area contributed by atoms with Crippen LogP contribution in [0.5, 0.6) is 0 Å². The van der Waals surface area contributed by atoms with Crippen LogP contribution >= 0.6 is 0 Å². The first-order valence-corrected chi connectivity index (χ1v) is 8.70. The van der Waals surface area contributed by atoms with Crippen molar-refractivity contribution in [1.82, 2.24) is 0 Å². The molecule has 3 aliphatic carbocycles. The lowest BCUT2D eigenvalue weighted by atomic mass is 9.82. The molecule has 3 rings (SSSR count). The summed E-state index contributed by atoms with van der Waals surface area (Å²) in [5.74, 6) is 0.118. The van der Waals surface area contributed by atoms with Crippen molar-refractivity contribution >= 4 is 11.6 Å². The molecule has 0 aromatic heterocycles. The van der Waals surface area contributed by atoms with Gasteiger partial charge in [0, 0.05) is 17.9 Å². The highest BCUT2D eigenvalue weighted by Crippen LogP contribution is 2.27. The van der Waals surface area contributed by atoms with Gasteiger partial charge in [-0.25, -0.2) is 0 Å². The lowest BCUT2D eigenvalue weighted by Gasteiger charge is -2.20. The number of ketones is 2. The highest BCUT2D eigenvalue weighted by Gasteiger charge is 2.27. The summed E-state index contributed by atoms with van der Waals surface area (Å²) in [5, 5.41) is 0. The maximum atomic E-state index is 12.3. The van der Waals surface area contributed by atoms with E-state index in [9.17, 15) is 9.59 Å². The van der Waals surface area contributed by atoms with Crippen LogP contribution in [0.15, 0.2) is 46.6 Å². The average molecular weight is 312 g/mol. The maximum absolute atomic E-state index is 12.3. The Balaban J connectivity index is 2.22. The van der Waals surface area contributed by atoms with Crippen molar-refractivity contribution in [2.45, 2.75) is 65.7 Å². The van der Waals surface area contributed by atoms with E-state index < -0.39 is 0 Å². The van der Waals surface area contributed by atoms with Gasteiger partial charge in [0.15, 0.2) is 11.6 Å². The van der Waals surface area contributed by atoms with Gasteiger partial charge in [-0.2, -0.15) is 0 Å². The molecule has 0 spiro atoms. The quantitative estimate of drug-likeness (QED) is 0.571. The van der Waals surface area contributed by atoms with Crippen LogP contribution < -0.4 is 0 Å². The van der Waals surface area contributed by atoms with Gasteiger partial charge in [-0.3, -0.25) is 9.59 Å². The van der Waals surface area contributed by atoms with Crippen molar-refractivity contribution in [2.75, 3.05) is 0 Å². The summed E-state index contributed by atoms with van der Waals surface area (Å²) in [6, 6.07) is 0. The molecule has 0 aliphatic heterocycles. The highest BCUT2D eigenvalue weighted by atomic mass is 16.1. The molecular weight excluding hydrogens is 284 g/mol. The number of hydrogen-bond acceptors (Lipinski definition) is 2. The van der Waals surface area contributed by atoms with E-state index in [0.717, 1.165) is 25.7 Å². The van der Waals surface area contributed by atoms with Gasteiger partial charge in [-0.15, -0.1) is 0 Å². The topological polar surface area (TPSA) is 34.1 Å². The van der Waals surface area contributed by atoms with Gasteiger partial charge >= 0.3 is 0 Å². The van der Waals surface area contributed by atoms with Gasteiger partial charge in [-0.1, -0.05) is 34.9 Å². The molecular formula is C21H28O2. The summed E-state index contributed by atoms with van der Waals surface area (Å²) in [6.45, 7) is 6.38. The number of carbonyl (C=O) groups excluding carboxylic acids is 2. The standard InChI is InChI=1S/C21H28O2/c1-15-6-4-8-16(2)10-11-18-13-21(23)19(14-20(18)22)12-17(3)9-5-7-15/h6,9-10,13,19H,4-5,7-8,11-12,14H2,1-3H3. The van der Waals surface area contributed by atoms with E-state index in [1.807, 2.05) is 0 Å². The minimum atomic E-state index is -0.155. The van der Waals surface area contributed by atoms with Crippen LogP contribution in [0.4, 0.5) is 0 Å². The van der Waals surface area contributed by atoms with Gasteiger partial charge in [0.05, 0.1) is 0 Å². The van der Waals surface area contributed by atoms with E-state index >= 15 is 0 Å². The fraction of sp³-hybridized carbons (Fsp3) is 0.524. The van der Waals surface area contributed by atoms with Crippen molar-refractivity contribution in [3.63, 3.8) is 0 Å². The van der Waals surface area contributed by atoms with Gasteiger partial charge in [0.25, 0.3) is 0 Å². The van der Waals surface area contributed by atoms with Crippen molar-refractivity contribution in [3.05, 3.63) is 46.6 Å². The van der Waals surface area contributed by atoms with Crippen LogP contribution in [0, 0.1) is 5.92 Å². The van der Waals surface area contributed by atoms with Crippen LogP contribution in [0.2, 0.25) is 0 Å². The van der Waals surface area contributed by atoms with Gasteiger partial charge < -0.3 is 0 Å². The fourth-order valence-corrected chi connectivity index (χ4v) is 3.22. The Morgan fingerprint density at radius 1 is 0.826 bits per heavy atom. The van der Waals surface area contributed by atoms with Crippen molar-refractivity contribution < 1.29 is 9.59 Å². The second-order valence-electron chi connectivity index (χ2n) is 7.03. The first-order valence-electron chi connectivity index (χ1n) is 8.70. The van der Waals surface area contributed by atoms with E-state index in [1.54, 1.807) is 6.08 Å². The van der Waals surface area contributed by atoms with Gasteiger partial charge in [0.1, 0.15) is 0 Å². The molecule has 2 bridgehead atoms. The minimum absolute atomic E-state index is 0.126. The third kappa shape index (κ3) is 5.46. The monoisotopic (exact) mass is 312 g/mol. The Hall–Kier alpha value is -1.70. The molecule has 0 radical (unpaired) electrons. The summed E-state index contributed by atoms with van der Waals surface area (Å²) in [4.78, 5) is 24.6. The predicted octanol–water partition coefficient (Wildman–Crippen LogP) is 5.26. The molecule has 0 heterocycles. The molecule has 1 unspecified atom stereocenters. The third-order valence-electron chi connectivity index (χ3n) is 4.81. The molecule has 1 atom stereocenters. The number of rotatable bonds is 0. The van der Waals surface area contributed by atoms with Crippen molar-refractivity contribution in [2.24, 2.45) is 5.92 Å². The predicted molar refractivity (Wildman–Crippen MR) is 95.2 cm³/mol. The maximum Gasteiger partial charge on any atom is 0.160 e. The molecule has 0 saturated heterocycles. The number of hydrogen-bond donors (Lipinski definition) is 0. The zero-order valence-corrected chi connectivity index (χ0v) is 14.7. The van der Waals surface area contributed by atoms with Crippen LogP contribution in [0.3, 0.4) is 0 Å². The summed E-state index contributed by atoms with van der Waals surface area (Å²) in [7, 11) is 0. The Kier molecular flexibility index (Phi) is 6.32. The highest BCUT2D eigenvalue weighted by molar-refractivity contribution is 6.09. The lowest BCUT2D eigenvalue weighted by Crippen LogP contribution is -2.24. The second kappa shape index (κ2) is 8.24. The van der Waals surface area contributed by atoms with Crippen LogP contribution in [-0.4, -0.2) is 11.6 Å². The molecule has 124 valence electrons. The number of carbonyl (C=O) groups is 2. The molecule has 0 aromatic rings. The molecule has 0 saturated carbocycles. The summed E-state index contributed by atoms with van der Waals surface area (Å²) in [6.07, 6.45) is 14.1. The normalized spacial score (nSPS) is 24.7. The molecule has 0 N–H and O–H groups in total. The number of allylic oxidation sites excluding steroid dienone is 8. The Bertz CT molecular complexity index is 599. The van der Waals surface area contributed by atoms with E-state index in [-0.39, 0.29) is 17.5 Å². The first kappa shape index (κ1) is 17.7. The van der Waals surface area contributed by atoms with Gasteiger partial charge in [0.2, 0.25) is 0 Å². The smallest absolute Gasteiger partial charge is 0.160 e. The zero-order chi connectivity index (χ0) is 16.8. The SMILES string of the molecule is CC1=CCCC(C)=CCC2=CC(=O)C(CC2=O)CC(C)=CCC1. The van der Waals surface area contributed by atoms with Crippen LogP contribution in [-0.2, 0) is 9.59 Å². The summed E-state index contributed by atoms with van der Waals surface area (Å²) < 4.78 is 0. The number of Topliss-reactive ketones (excluding diaryl/α,β-unsaturated/α-hetero) is 1. The molecule has 2 nitrogen and oxygen atoms in total. The second-order valence-corrected chi connectivity index (χ2v) is 7.03. The molecule has 0 aromatic carbocycles. The molecule has 0 amide bonds. The zero-order valence-electron chi connectivity index (χ0n) is 14.7. The molecule has 3 aliphatic rings. The lowest BCUT2D eigenvalue weighted by molar-refractivity contribution is -0.125.